The molecule has 0 amide bonds. The van der Waals surface area contributed by atoms with Crippen molar-refractivity contribution in [3.63, 3.8) is 0 Å². The molecule has 4 atom stereocenters. The quantitative estimate of drug-likeness (QED) is 0.407. The van der Waals surface area contributed by atoms with Gasteiger partial charge in [0.25, 0.3) is 0 Å². The fraction of sp³-hybridized carbons (Fsp3) is 1.00. The molecule has 1 rings (SSSR count). The SMILES string of the molecule is CB([O-])OC1[C@@H](OB(C)[O-])[C@H](O)C(O)[C@@H](O)[C@@H]1OB(C)[O-]. The molecule has 12 heteroatoms. The molecule has 0 saturated heterocycles. The summed E-state index contributed by atoms with van der Waals surface area (Å²) in [5.74, 6) is 0. The Morgan fingerprint density at radius 3 is 1.19 bits per heavy atom. The van der Waals surface area contributed by atoms with Gasteiger partial charge >= 0.3 is 0 Å². The molecule has 3 N–H and O–H groups in total. The van der Waals surface area contributed by atoms with Gasteiger partial charge in [-0.1, -0.05) is 20.5 Å². The van der Waals surface area contributed by atoms with Crippen molar-refractivity contribution in [2.75, 3.05) is 0 Å². The molecule has 1 aliphatic carbocycles. The molecule has 0 unspecified atom stereocenters. The summed E-state index contributed by atoms with van der Waals surface area (Å²) in [4.78, 5) is 0. The van der Waals surface area contributed by atoms with E-state index in [0.717, 1.165) is 20.5 Å². The number of aliphatic hydroxyl groups is 3. The minimum absolute atomic E-state index is 1.15. The summed E-state index contributed by atoms with van der Waals surface area (Å²) in [7, 11) is -4.73. The summed E-state index contributed by atoms with van der Waals surface area (Å²) in [6, 6.07) is 0. The maximum absolute atomic E-state index is 11.2. The van der Waals surface area contributed by atoms with Gasteiger partial charge < -0.3 is 44.4 Å². The standard InChI is InChI=1S/C9H18B3O9/c1-10(16)19-7-5(14)4(13)6(15)8(20-11(2)17)9(7)21-12(3)18/h4-9,13-15H,1-3H3/q-3/t4?,5-,6-,7+,8+,9?/m1/s1. The maximum atomic E-state index is 11.2. The first-order valence-corrected chi connectivity index (χ1v) is 6.63. The van der Waals surface area contributed by atoms with Gasteiger partial charge in [-0.05, 0) is 0 Å². The molecule has 0 bridgehead atoms. The minimum atomic E-state index is -1.71. The van der Waals surface area contributed by atoms with Crippen molar-refractivity contribution in [2.24, 2.45) is 0 Å². The number of hydrogen-bond donors (Lipinski definition) is 3. The van der Waals surface area contributed by atoms with Crippen LogP contribution in [0.3, 0.4) is 0 Å². The summed E-state index contributed by atoms with van der Waals surface area (Å²) in [6.07, 6.45) is -9.21. The van der Waals surface area contributed by atoms with E-state index in [1.165, 1.54) is 0 Å². The maximum Gasteiger partial charge on any atom is 0.180 e. The van der Waals surface area contributed by atoms with E-state index in [1.54, 1.807) is 0 Å². The van der Waals surface area contributed by atoms with E-state index < -0.39 is 58.0 Å². The second-order valence-electron chi connectivity index (χ2n) is 4.98. The summed E-state index contributed by atoms with van der Waals surface area (Å²) in [6.45, 7) is 3.45. The Morgan fingerprint density at radius 1 is 0.619 bits per heavy atom. The van der Waals surface area contributed by atoms with Gasteiger partial charge in [-0.15, -0.1) is 0 Å². The van der Waals surface area contributed by atoms with Crippen LogP contribution >= 0.6 is 0 Å². The Morgan fingerprint density at radius 2 is 0.905 bits per heavy atom. The lowest BCUT2D eigenvalue weighted by atomic mass is 9.80. The molecule has 21 heavy (non-hydrogen) atoms. The van der Waals surface area contributed by atoms with Crippen molar-refractivity contribution in [1.82, 2.24) is 0 Å². The molecule has 0 aromatic heterocycles. The largest absolute Gasteiger partial charge is 0.856 e. The Bertz CT molecular complexity index is 295. The van der Waals surface area contributed by atoms with E-state index in [0.29, 0.717) is 0 Å². The highest BCUT2D eigenvalue weighted by molar-refractivity contribution is 6.39. The van der Waals surface area contributed by atoms with Crippen molar-refractivity contribution >= 4 is 21.4 Å². The summed E-state index contributed by atoms with van der Waals surface area (Å²) in [5.41, 5.74) is 0. The molecule has 120 valence electrons. The van der Waals surface area contributed by atoms with E-state index in [-0.39, 0.29) is 0 Å². The van der Waals surface area contributed by atoms with E-state index in [2.05, 4.69) is 0 Å². The average Bonchev–Trinajstić information content (AvgIpc) is 2.35. The molecule has 9 nitrogen and oxygen atoms in total. The van der Waals surface area contributed by atoms with E-state index in [4.69, 9.17) is 14.0 Å². The van der Waals surface area contributed by atoms with Crippen molar-refractivity contribution < 1.29 is 44.4 Å². The smallest absolute Gasteiger partial charge is 0.180 e. The molecular weight excluding hydrogens is 285 g/mol. The van der Waals surface area contributed by atoms with Crippen LogP contribution in [0.5, 0.6) is 0 Å². The lowest BCUT2D eigenvalue weighted by Crippen LogP contribution is -2.69. The molecule has 0 aromatic rings. The van der Waals surface area contributed by atoms with Gasteiger partial charge in [-0.3, -0.25) is 0 Å². The van der Waals surface area contributed by atoms with Gasteiger partial charge in [0.2, 0.25) is 0 Å². The molecule has 0 aromatic carbocycles. The van der Waals surface area contributed by atoms with Crippen LogP contribution in [-0.4, -0.2) is 73.3 Å². The Labute approximate surface area is 123 Å². The Hall–Kier alpha value is -0.165. The molecular formula is C9H18B3O9-3. The second kappa shape index (κ2) is 7.91. The van der Waals surface area contributed by atoms with Crippen molar-refractivity contribution in [2.45, 2.75) is 57.1 Å². The van der Waals surface area contributed by atoms with Crippen LogP contribution in [0.25, 0.3) is 0 Å². The van der Waals surface area contributed by atoms with E-state index >= 15 is 0 Å². The van der Waals surface area contributed by atoms with Crippen LogP contribution in [0.2, 0.25) is 20.5 Å². The molecule has 0 radical (unpaired) electrons. The zero-order valence-corrected chi connectivity index (χ0v) is 12.0. The number of aliphatic hydroxyl groups excluding tert-OH is 3. The van der Waals surface area contributed by atoms with Gasteiger partial charge in [0, 0.05) is 0 Å². The summed E-state index contributed by atoms with van der Waals surface area (Å²) >= 11 is 0. The highest BCUT2D eigenvalue weighted by Crippen LogP contribution is 2.28. The molecule has 1 fully saturated rings. The third-order valence-electron chi connectivity index (χ3n) is 3.07. The van der Waals surface area contributed by atoms with Crippen molar-refractivity contribution in [1.29, 1.82) is 0 Å². The van der Waals surface area contributed by atoms with Crippen LogP contribution in [0.15, 0.2) is 0 Å². The van der Waals surface area contributed by atoms with Crippen molar-refractivity contribution in [3.8, 4) is 0 Å². The third-order valence-corrected chi connectivity index (χ3v) is 3.07. The van der Waals surface area contributed by atoms with E-state index in [1.807, 2.05) is 0 Å². The number of hydrogen-bond acceptors (Lipinski definition) is 9. The molecule has 1 aliphatic rings. The van der Waals surface area contributed by atoms with Crippen LogP contribution in [-0.2, 0) is 14.0 Å². The van der Waals surface area contributed by atoms with Gasteiger partial charge in [0.05, 0.1) is 18.3 Å². The second-order valence-corrected chi connectivity index (χ2v) is 4.98. The minimum Gasteiger partial charge on any atom is -0.856 e. The average molecular weight is 303 g/mol. The normalized spacial score (nSPS) is 36.4. The monoisotopic (exact) mass is 303 g/mol. The summed E-state index contributed by atoms with van der Waals surface area (Å²) in [5, 5.41) is 63.2. The number of rotatable bonds is 6. The predicted octanol–water partition coefficient (Wildman–Crippen LogP) is -5.33. The van der Waals surface area contributed by atoms with Crippen LogP contribution in [0.1, 0.15) is 0 Å². The lowest BCUT2D eigenvalue weighted by molar-refractivity contribution is -0.282. The van der Waals surface area contributed by atoms with Crippen LogP contribution in [0.4, 0.5) is 0 Å². The van der Waals surface area contributed by atoms with Crippen LogP contribution in [0, 0.1) is 0 Å². The predicted molar refractivity (Wildman–Crippen MR) is 67.5 cm³/mol. The Kier molecular flexibility index (Phi) is 7.11. The first kappa shape index (κ1) is 18.9. The third kappa shape index (κ3) is 4.91. The van der Waals surface area contributed by atoms with E-state index in [9.17, 15) is 30.4 Å². The molecule has 1 saturated carbocycles. The topological polar surface area (TPSA) is 158 Å². The fourth-order valence-electron chi connectivity index (χ4n) is 2.30. The molecule has 0 heterocycles. The highest BCUT2D eigenvalue weighted by Gasteiger charge is 2.50. The van der Waals surface area contributed by atoms with Gasteiger partial charge in [0.1, 0.15) is 18.3 Å². The fourth-order valence-corrected chi connectivity index (χ4v) is 2.30. The van der Waals surface area contributed by atoms with Gasteiger partial charge in [-0.25, -0.2) is 0 Å². The van der Waals surface area contributed by atoms with Crippen LogP contribution < -0.4 is 15.1 Å². The molecule has 0 aliphatic heterocycles. The summed E-state index contributed by atoms with van der Waals surface area (Å²) < 4.78 is 14.8. The Balaban J connectivity index is 3.05. The highest BCUT2D eigenvalue weighted by atomic mass is 16.6. The van der Waals surface area contributed by atoms with Crippen molar-refractivity contribution in [3.05, 3.63) is 0 Å². The zero-order valence-electron chi connectivity index (χ0n) is 12.0. The zero-order chi connectivity index (χ0) is 16.3. The lowest BCUT2D eigenvalue weighted by Gasteiger charge is -2.49. The first-order chi connectivity index (χ1) is 9.65. The van der Waals surface area contributed by atoms with Gasteiger partial charge in [-0.2, -0.15) is 0 Å². The first-order valence-electron chi connectivity index (χ1n) is 6.63. The molecule has 0 spiro atoms. The van der Waals surface area contributed by atoms with Gasteiger partial charge in [0.15, 0.2) is 21.4 Å².